The Morgan fingerprint density at radius 1 is 1.12 bits per heavy atom. The molecule has 0 unspecified atom stereocenters. The van der Waals surface area contributed by atoms with Crippen LogP contribution in [-0.4, -0.2) is 17.4 Å². The maximum atomic E-state index is 13.3. The van der Waals surface area contributed by atoms with Gasteiger partial charge in [-0.2, -0.15) is 13.2 Å². The van der Waals surface area contributed by atoms with E-state index in [-0.39, 0.29) is 23.9 Å². The zero-order valence-corrected chi connectivity index (χ0v) is 13.8. The quantitative estimate of drug-likeness (QED) is 0.804. The zero-order valence-electron chi connectivity index (χ0n) is 13.8. The van der Waals surface area contributed by atoms with Crippen molar-refractivity contribution < 1.29 is 27.2 Å². The zero-order chi connectivity index (χ0) is 18.7. The van der Waals surface area contributed by atoms with Gasteiger partial charge < -0.3 is 10.6 Å². The van der Waals surface area contributed by atoms with Crippen molar-refractivity contribution in [2.24, 2.45) is 5.92 Å². The van der Waals surface area contributed by atoms with Gasteiger partial charge in [-0.3, -0.25) is 9.59 Å². The standard InChI is InChI=1S/C16H20F4N2O2/c1-9(2)13(23)22-15(3,4)14(24)21-8-10-5-11(16(18,19)20)7-12(17)6-10/h5-7,9H,8H2,1-4H3,(H,21,24)(H,22,23). The van der Waals surface area contributed by atoms with Gasteiger partial charge in [-0.15, -0.1) is 0 Å². The summed E-state index contributed by atoms with van der Waals surface area (Å²) in [6, 6.07) is 2.07. The molecular weight excluding hydrogens is 328 g/mol. The molecular formula is C16H20F4N2O2. The van der Waals surface area contributed by atoms with Gasteiger partial charge in [0.25, 0.3) is 0 Å². The van der Waals surface area contributed by atoms with E-state index in [9.17, 15) is 27.2 Å². The summed E-state index contributed by atoms with van der Waals surface area (Å²) in [7, 11) is 0. The Bertz CT molecular complexity index is 625. The molecule has 0 spiro atoms. The minimum absolute atomic E-state index is 0.0262. The van der Waals surface area contributed by atoms with Crippen LogP contribution >= 0.6 is 0 Å². The lowest BCUT2D eigenvalue weighted by molar-refractivity contribution is -0.137. The van der Waals surface area contributed by atoms with Crippen LogP contribution in [0.3, 0.4) is 0 Å². The Balaban J connectivity index is 2.80. The molecule has 2 amide bonds. The predicted octanol–water partition coefficient (Wildman–Crippen LogP) is 3.01. The molecule has 0 aromatic heterocycles. The van der Waals surface area contributed by atoms with Crippen LogP contribution in [0.1, 0.15) is 38.8 Å². The third-order valence-electron chi connectivity index (χ3n) is 3.27. The lowest BCUT2D eigenvalue weighted by Crippen LogP contribution is -2.55. The number of hydrogen-bond donors (Lipinski definition) is 2. The fourth-order valence-electron chi connectivity index (χ4n) is 1.83. The van der Waals surface area contributed by atoms with Crippen LogP contribution < -0.4 is 10.6 Å². The summed E-state index contributed by atoms with van der Waals surface area (Å²) in [5.41, 5.74) is -2.40. The first-order valence-corrected chi connectivity index (χ1v) is 7.30. The highest BCUT2D eigenvalue weighted by atomic mass is 19.4. The minimum Gasteiger partial charge on any atom is -0.350 e. The summed E-state index contributed by atoms with van der Waals surface area (Å²) in [6.07, 6.45) is -4.68. The van der Waals surface area contributed by atoms with E-state index < -0.39 is 29.0 Å². The van der Waals surface area contributed by atoms with Gasteiger partial charge in [-0.25, -0.2) is 4.39 Å². The Morgan fingerprint density at radius 3 is 2.21 bits per heavy atom. The van der Waals surface area contributed by atoms with Crippen molar-refractivity contribution in [1.29, 1.82) is 0 Å². The molecule has 0 radical (unpaired) electrons. The first kappa shape index (κ1) is 19.9. The van der Waals surface area contributed by atoms with Crippen LogP contribution in [0.15, 0.2) is 18.2 Å². The van der Waals surface area contributed by atoms with Crippen molar-refractivity contribution in [3.05, 3.63) is 35.1 Å². The molecule has 24 heavy (non-hydrogen) atoms. The van der Waals surface area contributed by atoms with Gasteiger partial charge in [-0.05, 0) is 37.6 Å². The van der Waals surface area contributed by atoms with Gasteiger partial charge in [0.2, 0.25) is 11.8 Å². The monoisotopic (exact) mass is 348 g/mol. The van der Waals surface area contributed by atoms with Crippen molar-refractivity contribution in [2.75, 3.05) is 0 Å². The van der Waals surface area contributed by atoms with E-state index in [1.165, 1.54) is 13.8 Å². The highest BCUT2D eigenvalue weighted by Gasteiger charge is 2.32. The smallest absolute Gasteiger partial charge is 0.350 e. The number of carbonyl (C=O) groups is 2. The molecule has 0 bridgehead atoms. The molecule has 1 aromatic rings. The average Bonchev–Trinajstić information content (AvgIpc) is 2.42. The molecule has 0 saturated carbocycles. The van der Waals surface area contributed by atoms with E-state index in [2.05, 4.69) is 10.6 Å². The van der Waals surface area contributed by atoms with Crippen LogP contribution in [-0.2, 0) is 22.3 Å². The fraction of sp³-hybridized carbons (Fsp3) is 0.500. The van der Waals surface area contributed by atoms with E-state index in [1.54, 1.807) is 13.8 Å². The summed E-state index contributed by atoms with van der Waals surface area (Å²) in [5, 5.41) is 4.94. The Morgan fingerprint density at radius 2 is 1.71 bits per heavy atom. The van der Waals surface area contributed by atoms with Gasteiger partial charge in [0, 0.05) is 12.5 Å². The minimum atomic E-state index is -4.68. The second kappa shape index (κ2) is 7.19. The molecule has 0 aliphatic rings. The van der Waals surface area contributed by atoms with Gasteiger partial charge in [-0.1, -0.05) is 13.8 Å². The van der Waals surface area contributed by atoms with Crippen molar-refractivity contribution in [2.45, 2.75) is 46.0 Å². The average molecular weight is 348 g/mol. The second-order valence-electron chi connectivity index (χ2n) is 6.30. The Kier molecular flexibility index (Phi) is 5.97. The predicted molar refractivity (Wildman–Crippen MR) is 80.3 cm³/mol. The van der Waals surface area contributed by atoms with Crippen LogP contribution in [0, 0.1) is 11.7 Å². The van der Waals surface area contributed by atoms with Gasteiger partial charge >= 0.3 is 6.18 Å². The first-order valence-electron chi connectivity index (χ1n) is 7.30. The van der Waals surface area contributed by atoms with Crippen LogP contribution in [0.4, 0.5) is 17.6 Å². The van der Waals surface area contributed by atoms with Gasteiger partial charge in [0.1, 0.15) is 11.4 Å². The molecule has 0 saturated heterocycles. The lowest BCUT2D eigenvalue weighted by atomic mass is 10.0. The van der Waals surface area contributed by atoms with Crippen molar-refractivity contribution in [1.82, 2.24) is 10.6 Å². The van der Waals surface area contributed by atoms with Gasteiger partial charge in [0.05, 0.1) is 5.56 Å². The molecule has 0 fully saturated rings. The van der Waals surface area contributed by atoms with Crippen molar-refractivity contribution in [3.63, 3.8) is 0 Å². The van der Waals surface area contributed by atoms with Crippen LogP contribution in [0.5, 0.6) is 0 Å². The molecule has 1 rings (SSSR count). The van der Waals surface area contributed by atoms with E-state index in [1.807, 2.05) is 0 Å². The highest BCUT2D eigenvalue weighted by molar-refractivity contribution is 5.91. The summed E-state index contributed by atoms with van der Waals surface area (Å²) >= 11 is 0. The van der Waals surface area contributed by atoms with E-state index in [0.29, 0.717) is 6.07 Å². The molecule has 2 N–H and O–H groups in total. The number of rotatable bonds is 5. The normalized spacial score (nSPS) is 12.2. The second-order valence-corrected chi connectivity index (χ2v) is 6.30. The van der Waals surface area contributed by atoms with Crippen LogP contribution in [0.25, 0.3) is 0 Å². The van der Waals surface area contributed by atoms with Gasteiger partial charge in [0.15, 0.2) is 0 Å². The molecule has 0 heterocycles. The third-order valence-corrected chi connectivity index (χ3v) is 3.27. The van der Waals surface area contributed by atoms with Crippen LogP contribution in [0.2, 0.25) is 0 Å². The molecule has 1 aromatic carbocycles. The van der Waals surface area contributed by atoms with Crippen molar-refractivity contribution in [3.8, 4) is 0 Å². The molecule has 0 aliphatic heterocycles. The topological polar surface area (TPSA) is 58.2 Å². The molecule has 0 atom stereocenters. The molecule has 4 nitrogen and oxygen atoms in total. The Labute approximate surface area is 137 Å². The van der Waals surface area contributed by atoms with E-state index in [4.69, 9.17) is 0 Å². The maximum Gasteiger partial charge on any atom is 0.416 e. The number of nitrogens with one attached hydrogen (secondary N) is 2. The largest absolute Gasteiger partial charge is 0.416 e. The maximum absolute atomic E-state index is 13.3. The summed E-state index contributed by atoms with van der Waals surface area (Å²) in [5.74, 6) is -2.29. The van der Waals surface area contributed by atoms with E-state index in [0.717, 1.165) is 12.1 Å². The molecule has 134 valence electrons. The summed E-state index contributed by atoms with van der Waals surface area (Å²) in [6.45, 7) is 5.97. The number of halogens is 4. The third kappa shape index (κ3) is 5.50. The number of carbonyl (C=O) groups excluding carboxylic acids is 2. The first-order chi connectivity index (χ1) is 10.8. The number of benzene rings is 1. The number of hydrogen-bond acceptors (Lipinski definition) is 2. The van der Waals surface area contributed by atoms with E-state index >= 15 is 0 Å². The molecule has 0 aliphatic carbocycles. The lowest BCUT2D eigenvalue weighted by Gasteiger charge is -2.26. The fourth-order valence-corrected chi connectivity index (χ4v) is 1.83. The Hall–Kier alpha value is -2.12. The SMILES string of the molecule is CC(C)C(=O)NC(C)(C)C(=O)NCc1cc(F)cc(C(F)(F)F)c1. The molecule has 8 heteroatoms. The highest BCUT2D eigenvalue weighted by Crippen LogP contribution is 2.30. The van der Waals surface area contributed by atoms with Crippen molar-refractivity contribution >= 4 is 11.8 Å². The number of amides is 2. The number of alkyl halides is 3. The summed E-state index contributed by atoms with van der Waals surface area (Å²) in [4.78, 5) is 23.8. The summed E-state index contributed by atoms with van der Waals surface area (Å²) < 4.78 is 51.3.